The lowest BCUT2D eigenvalue weighted by Crippen LogP contribution is -2.25. The molecule has 1 aliphatic rings. The third-order valence-corrected chi connectivity index (χ3v) is 5.26. The molecule has 0 atom stereocenters. The highest BCUT2D eigenvalue weighted by Crippen LogP contribution is 2.21. The van der Waals surface area contributed by atoms with Crippen LogP contribution in [-0.4, -0.2) is 36.3 Å². The van der Waals surface area contributed by atoms with E-state index in [1.165, 1.54) is 6.92 Å². The van der Waals surface area contributed by atoms with Gasteiger partial charge in [-0.05, 0) is 12.8 Å². The van der Waals surface area contributed by atoms with Gasteiger partial charge < -0.3 is 5.32 Å². The molecule has 6 nitrogen and oxygen atoms in total. The number of nitrogens with zero attached hydrogens (tertiary/aromatic N) is 2. The highest BCUT2D eigenvalue weighted by atomic mass is 32.2. The second-order valence-corrected chi connectivity index (χ2v) is 6.95. The van der Waals surface area contributed by atoms with Gasteiger partial charge in [-0.2, -0.15) is 0 Å². The smallest absolute Gasteiger partial charge is 0.282 e. The molecule has 88 valence electrons. The van der Waals surface area contributed by atoms with Crippen LogP contribution in [0.1, 0.15) is 29.6 Å². The van der Waals surface area contributed by atoms with Crippen molar-refractivity contribution in [2.24, 2.45) is 0 Å². The summed E-state index contributed by atoms with van der Waals surface area (Å²) in [5.74, 6) is -0.371. The summed E-state index contributed by atoms with van der Waals surface area (Å²) in [4.78, 5) is 11.5. The highest BCUT2D eigenvalue weighted by Gasteiger charge is 2.27. The monoisotopic (exact) mass is 261 g/mol. The lowest BCUT2D eigenvalue weighted by Gasteiger charge is -1.96. The van der Waals surface area contributed by atoms with Crippen LogP contribution in [0.4, 0.5) is 0 Å². The molecule has 1 amide bonds. The highest BCUT2D eigenvalue weighted by molar-refractivity contribution is 7.93. The lowest BCUT2D eigenvalue weighted by molar-refractivity contribution is 0.0950. The molecule has 1 saturated carbocycles. The summed E-state index contributed by atoms with van der Waals surface area (Å²) in [6.07, 6.45) is 1.95. The van der Waals surface area contributed by atoms with Crippen molar-refractivity contribution < 1.29 is 13.2 Å². The van der Waals surface area contributed by atoms with Crippen LogP contribution < -0.4 is 5.32 Å². The van der Waals surface area contributed by atoms with Gasteiger partial charge >= 0.3 is 0 Å². The fraction of sp³-hybridized carbons (Fsp3) is 0.625. The van der Waals surface area contributed by atoms with Crippen LogP contribution in [0.25, 0.3) is 0 Å². The minimum atomic E-state index is -3.36. The van der Waals surface area contributed by atoms with E-state index in [-0.39, 0.29) is 27.0 Å². The second-order valence-electron chi connectivity index (χ2n) is 3.52. The topological polar surface area (TPSA) is 89.0 Å². The number of hydrogen-bond acceptors (Lipinski definition) is 6. The summed E-state index contributed by atoms with van der Waals surface area (Å²) in [5, 5.41) is 9.95. The molecule has 0 unspecified atom stereocenters. The zero-order valence-electron chi connectivity index (χ0n) is 8.63. The van der Waals surface area contributed by atoms with Crippen molar-refractivity contribution in [3.05, 3.63) is 5.01 Å². The number of nitrogens with one attached hydrogen (secondary N) is 1. The Hall–Kier alpha value is -1.02. The first-order chi connectivity index (χ1) is 7.53. The molecule has 8 heteroatoms. The summed E-state index contributed by atoms with van der Waals surface area (Å²) in [6.45, 7) is 1.53. The summed E-state index contributed by atoms with van der Waals surface area (Å²) < 4.78 is 22.8. The molecule has 0 aliphatic heterocycles. The average molecular weight is 261 g/mol. The maximum atomic E-state index is 11.5. The summed E-state index contributed by atoms with van der Waals surface area (Å²) in [7, 11) is -3.36. The Morgan fingerprint density at radius 2 is 2.19 bits per heavy atom. The fourth-order valence-electron chi connectivity index (χ4n) is 1.03. The number of amides is 1. The third kappa shape index (κ3) is 2.38. The van der Waals surface area contributed by atoms with Gasteiger partial charge in [-0.3, -0.25) is 4.79 Å². The summed E-state index contributed by atoms with van der Waals surface area (Å²) in [5.41, 5.74) is 0. The number of rotatable bonds is 4. The normalized spacial score (nSPS) is 16.1. The Kier molecular flexibility index (Phi) is 2.94. The Bertz CT molecular complexity index is 504. The van der Waals surface area contributed by atoms with E-state index in [9.17, 15) is 13.2 Å². The van der Waals surface area contributed by atoms with E-state index in [4.69, 9.17) is 0 Å². The van der Waals surface area contributed by atoms with Gasteiger partial charge in [-0.25, -0.2) is 8.42 Å². The van der Waals surface area contributed by atoms with Crippen LogP contribution in [-0.2, 0) is 9.84 Å². The van der Waals surface area contributed by atoms with E-state index < -0.39 is 9.84 Å². The van der Waals surface area contributed by atoms with E-state index >= 15 is 0 Å². The molecule has 0 radical (unpaired) electrons. The maximum absolute atomic E-state index is 11.5. The molecule has 0 bridgehead atoms. The zero-order chi connectivity index (χ0) is 11.8. The minimum Gasteiger partial charge on any atom is -0.347 e. The molecule has 16 heavy (non-hydrogen) atoms. The molecule has 1 heterocycles. The third-order valence-electron chi connectivity index (χ3n) is 2.16. The van der Waals surface area contributed by atoms with Crippen LogP contribution in [0.2, 0.25) is 0 Å². The zero-order valence-corrected chi connectivity index (χ0v) is 10.3. The largest absolute Gasteiger partial charge is 0.347 e. The molecule has 0 spiro atoms. The minimum absolute atomic E-state index is 0.0358. The van der Waals surface area contributed by atoms with E-state index in [1.807, 2.05) is 0 Å². The van der Waals surface area contributed by atoms with E-state index in [0.717, 1.165) is 24.2 Å². The van der Waals surface area contributed by atoms with Gasteiger partial charge in [-0.15, -0.1) is 10.2 Å². The van der Waals surface area contributed by atoms with Crippen molar-refractivity contribution in [2.45, 2.75) is 30.1 Å². The Balaban J connectivity index is 2.15. The van der Waals surface area contributed by atoms with E-state index in [0.29, 0.717) is 0 Å². The van der Waals surface area contributed by atoms with Crippen LogP contribution >= 0.6 is 11.3 Å². The molecule has 1 N–H and O–H groups in total. The molecule has 1 aliphatic carbocycles. The van der Waals surface area contributed by atoms with Crippen LogP contribution in [0.5, 0.6) is 0 Å². The van der Waals surface area contributed by atoms with E-state index in [1.54, 1.807) is 0 Å². The van der Waals surface area contributed by atoms with Crippen LogP contribution in [0.3, 0.4) is 0 Å². The molecule has 1 aromatic rings. The molecular formula is C8H11N3O3S2. The number of hydrogen-bond donors (Lipinski definition) is 1. The average Bonchev–Trinajstić information content (AvgIpc) is 2.91. The Morgan fingerprint density at radius 1 is 1.50 bits per heavy atom. The predicted molar refractivity (Wildman–Crippen MR) is 58.1 cm³/mol. The quantitative estimate of drug-likeness (QED) is 0.837. The molecule has 1 fully saturated rings. The van der Waals surface area contributed by atoms with Crippen molar-refractivity contribution >= 4 is 27.1 Å². The molecule has 1 aromatic heterocycles. The van der Waals surface area contributed by atoms with Crippen molar-refractivity contribution in [1.29, 1.82) is 0 Å². The lowest BCUT2D eigenvalue weighted by atomic mass is 10.6. The van der Waals surface area contributed by atoms with Gasteiger partial charge in [0.15, 0.2) is 0 Å². The first kappa shape index (κ1) is 11.5. The molecule has 0 saturated heterocycles. The Morgan fingerprint density at radius 3 is 2.75 bits per heavy atom. The standard InChI is InChI=1S/C8H11N3O3S2/c1-2-16(13,14)8-11-10-7(15-8)6(12)9-5-3-4-5/h5H,2-4H2,1H3,(H,9,12). The SMILES string of the molecule is CCS(=O)(=O)c1nnc(C(=O)NC2CC2)s1. The summed E-state index contributed by atoms with van der Waals surface area (Å²) >= 11 is 0.820. The number of aromatic nitrogens is 2. The number of carbonyl (C=O) groups is 1. The van der Waals surface area contributed by atoms with Crippen molar-refractivity contribution in [1.82, 2.24) is 15.5 Å². The van der Waals surface area contributed by atoms with Gasteiger partial charge in [0.1, 0.15) is 0 Å². The van der Waals surface area contributed by atoms with Crippen molar-refractivity contribution in [3.63, 3.8) is 0 Å². The molecule has 0 aromatic carbocycles. The predicted octanol–water partition coefficient (Wildman–Crippen LogP) is 0.224. The van der Waals surface area contributed by atoms with E-state index in [2.05, 4.69) is 15.5 Å². The first-order valence-electron chi connectivity index (χ1n) is 4.90. The maximum Gasteiger partial charge on any atom is 0.282 e. The second kappa shape index (κ2) is 4.10. The fourth-order valence-corrected chi connectivity index (χ4v) is 3.02. The van der Waals surface area contributed by atoms with Gasteiger partial charge in [0, 0.05) is 6.04 Å². The van der Waals surface area contributed by atoms with Gasteiger partial charge in [0.2, 0.25) is 19.2 Å². The van der Waals surface area contributed by atoms with Crippen LogP contribution in [0.15, 0.2) is 4.34 Å². The van der Waals surface area contributed by atoms with Crippen LogP contribution in [0, 0.1) is 0 Å². The Labute approximate surface area is 97.0 Å². The van der Waals surface area contributed by atoms with Crippen molar-refractivity contribution in [3.8, 4) is 0 Å². The first-order valence-corrected chi connectivity index (χ1v) is 7.37. The van der Waals surface area contributed by atoms with Crippen molar-refractivity contribution in [2.75, 3.05) is 5.75 Å². The van der Waals surface area contributed by atoms with Gasteiger partial charge in [-0.1, -0.05) is 18.3 Å². The summed E-state index contributed by atoms with van der Waals surface area (Å²) in [6, 6.07) is 0.225. The van der Waals surface area contributed by atoms with Gasteiger partial charge in [0.25, 0.3) is 5.91 Å². The molecule has 2 rings (SSSR count). The number of carbonyl (C=O) groups excluding carboxylic acids is 1. The van der Waals surface area contributed by atoms with Gasteiger partial charge in [0.05, 0.1) is 5.75 Å². The molecular weight excluding hydrogens is 250 g/mol. The number of sulfone groups is 1.